The third kappa shape index (κ3) is 11.8. The van der Waals surface area contributed by atoms with E-state index in [0.717, 1.165) is 37.5 Å². The number of carbonyl (C=O) groups is 5. The lowest BCUT2D eigenvalue weighted by Gasteiger charge is -2.38. The maximum atomic E-state index is 15.0. The number of ether oxygens (including phenoxy) is 2. The van der Waals surface area contributed by atoms with E-state index in [1.54, 1.807) is 30.3 Å². The van der Waals surface area contributed by atoms with Gasteiger partial charge in [0, 0.05) is 49.5 Å². The van der Waals surface area contributed by atoms with Gasteiger partial charge in [-0.2, -0.15) is 5.26 Å². The highest BCUT2D eigenvalue weighted by atomic mass is 16.5. The van der Waals surface area contributed by atoms with Crippen molar-refractivity contribution in [3.63, 3.8) is 0 Å². The van der Waals surface area contributed by atoms with Gasteiger partial charge < -0.3 is 52.8 Å². The van der Waals surface area contributed by atoms with Crippen molar-refractivity contribution in [1.29, 1.82) is 5.26 Å². The first-order valence-electron chi connectivity index (χ1n) is 23.9. The molecule has 16 nitrogen and oxygen atoms in total. The monoisotopic (exact) mass is 898 g/mol. The Bertz CT molecular complexity index is 2040. The van der Waals surface area contributed by atoms with Crippen LogP contribution in [0.25, 0.3) is 11.1 Å². The zero-order valence-electron chi connectivity index (χ0n) is 38.5. The minimum Gasteiger partial charge on any atom is -0.492 e. The Balaban J connectivity index is 1.30. The summed E-state index contributed by atoms with van der Waals surface area (Å²) in [4.78, 5) is 72.3. The summed E-state index contributed by atoms with van der Waals surface area (Å²) in [7, 11) is 1.52. The molecule has 0 aromatic heterocycles. The lowest BCUT2D eigenvalue weighted by molar-refractivity contribution is -0.144. The third-order valence-corrected chi connectivity index (χ3v) is 14.3. The molecule has 6 rings (SSSR count). The lowest BCUT2D eigenvalue weighted by Crippen LogP contribution is -2.57. The van der Waals surface area contributed by atoms with Crippen molar-refractivity contribution in [2.24, 2.45) is 46.8 Å². The minimum atomic E-state index is -1.31. The predicted octanol–water partition coefficient (Wildman–Crippen LogP) is 3.35. The summed E-state index contributed by atoms with van der Waals surface area (Å²) in [6, 6.07) is 8.74. The zero-order chi connectivity index (χ0) is 46.7. The van der Waals surface area contributed by atoms with Crippen LogP contribution in [-0.4, -0.2) is 98.5 Å². The second kappa shape index (κ2) is 22.8. The summed E-state index contributed by atoms with van der Waals surface area (Å²) in [6.45, 7) is 4.41. The van der Waals surface area contributed by atoms with Crippen molar-refractivity contribution >= 4 is 29.5 Å². The molecule has 4 aliphatic rings. The minimum absolute atomic E-state index is 0.0318. The number of nitrogens with one attached hydrogen (secondary N) is 4. The van der Waals surface area contributed by atoms with E-state index in [4.69, 9.17) is 26.7 Å². The van der Waals surface area contributed by atoms with Gasteiger partial charge in [0.15, 0.2) is 0 Å². The van der Waals surface area contributed by atoms with E-state index in [-0.39, 0.29) is 63.6 Å². The average Bonchev–Trinajstić information content (AvgIpc) is 4.04. The van der Waals surface area contributed by atoms with E-state index < -0.39 is 47.3 Å². The van der Waals surface area contributed by atoms with Crippen LogP contribution in [0.15, 0.2) is 36.4 Å². The molecule has 65 heavy (non-hydrogen) atoms. The molecular weight excluding hydrogens is 827 g/mol. The largest absolute Gasteiger partial charge is 0.492 e. The number of unbranched alkanes of at least 4 members (excludes halogenated alkanes) is 1. The van der Waals surface area contributed by atoms with Crippen molar-refractivity contribution in [2.75, 3.05) is 46.4 Å². The Morgan fingerprint density at radius 3 is 2.09 bits per heavy atom. The van der Waals surface area contributed by atoms with Gasteiger partial charge in [-0.05, 0) is 112 Å². The average molecular weight is 898 g/mol. The van der Waals surface area contributed by atoms with Crippen LogP contribution in [0.3, 0.4) is 0 Å². The van der Waals surface area contributed by atoms with Crippen LogP contribution in [0.1, 0.15) is 108 Å². The Labute approximate surface area is 383 Å². The summed E-state index contributed by atoms with van der Waals surface area (Å²) in [5.74, 6) is -0.0746. The van der Waals surface area contributed by atoms with E-state index in [1.165, 1.54) is 63.8 Å². The molecule has 2 aromatic rings. The molecule has 16 heteroatoms. The highest BCUT2D eigenvalue weighted by molar-refractivity contribution is 5.99. The SMILES string of the molecule is CCCCC1CCC(C2CCC(C(=O)NC3(C(=O)N(C)[C@@H]4C(=O)N[C@H](C)C(=O)N[C@H](C(=O)NCC#N)Cc5ccc(OCCN)c(c5)-c5cc4ccc5OCCN)CC3CN)CC2)CC1. The van der Waals surface area contributed by atoms with E-state index in [2.05, 4.69) is 28.2 Å². The van der Waals surface area contributed by atoms with Gasteiger partial charge >= 0.3 is 0 Å². The van der Waals surface area contributed by atoms with Crippen LogP contribution in [0.4, 0.5) is 0 Å². The molecule has 0 saturated heterocycles. The number of hydrogen-bond donors (Lipinski definition) is 7. The van der Waals surface area contributed by atoms with E-state index in [9.17, 15) is 24.4 Å². The lowest BCUT2D eigenvalue weighted by atomic mass is 9.68. The smallest absolute Gasteiger partial charge is 0.249 e. The highest BCUT2D eigenvalue weighted by Crippen LogP contribution is 2.48. The van der Waals surface area contributed by atoms with Crippen LogP contribution in [0, 0.1) is 40.9 Å². The topological polar surface area (TPSA) is 257 Å². The van der Waals surface area contributed by atoms with Crippen LogP contribution >= 0.6 is 0 Å². The van der Waals surface area contributed by atoms with Gasteiger partial charge in [0.05, 0.1) is 6.07 Å². The molecule has 0 spiro atoms. The van der Waals surface area contributed by atoms with Crippen LogP contribution < -0.4 is 47.9 Å². The summed E-state index contributed by atoms with van der Waals surface area (Å²) in [5, 5.41) is 20.4. The molecule has 0 radical (unpaired) electrons. The van der Waals surface area contributed by atoms with E-state index in [0.29, 0.717) is 46.1 Å². The van der Waals surface area contributed by atoms with Crippen molar-refractivity contribution < 1.29 is 33.4 Å². The Kier molecular flexibility index (Phi) is 17.2. The molecular formula is C49H71N9O7. The predicted molar refractivity (Wildman–Crippen MR) is 247 cm³/mol. The van der Waals surface area contributed by atoms with Gasteiger partial charge in [0.25, 0.3) is 0 Å². The van der Waals surface area contributed by atoms with Crippen LogP contribution in [0.5, 0.6) is 11.5 Å². The van der Waals surface area contributed by atoms with Gasteiger partial charge in [0.2, 0.25) is 29.5 Å². The summed E-state index contributed by atoms with van der Waals surface area (Å²) < 4.78 is 12.3. The summed E-state index contributed by atoms with van der Waals surface area (Å²) in [6.07, 6.45) is 12.9. The molecule has 5 atom stereocenters. The molecule has 354 valence electrons. The van der Waals surface area contributed by atoms with Crippen molar-refractivity contribution in [3.05, 3.63) is 47.5 Å². The molecule has 3 saturated carbocycles. The molecule has 3 fully saturated rings. The molecule has 2 aromatic carbocycles. The number of benzene rings is 2. The molecule has 4 bridgehead atoms. The molecule has 1 heterocycles. The number of fused-ring (bicyclic) bond motifs is 5. The fourth-order valence-corrected chi connectivity index (χ4v) is 10.5. The maximum absolute atomic E-state index is 15.0. The number of likely N-dealkylation sites (N-methyl/N-ethyl adjacent to an activating group) is 1. The van der Waals surface area contributed by atoms with Gasteiger partial charge in [-0.25, -0.2) is 0 Å². The van der Waals surface area contributed by atoms with Gasteiger partial charge in [-0.1, -0.05) is 51.2 Å². The molecule has 2 unspecified atom stereocenters. The van der Waals surface area contributed by atoms with Crippen molar-refractivity contribution in [3.8, 4) is 28.7 Å². The number of carbonyl (C=O) groups excluding carboxylic acids is 5. The second-order valence-corrected chi connectivity index (χ2v) is 18.7. The molecule has 5 amide bonds. The number of rotatable bonds is 17. The number of nitriles is 1. The van der Waals surface area contributed by atoms with Gasteiger partial charge in [-0.3, -0.25) is 24.0 Å². The first kappa shape index (κ1) is 49.2. The standard InChI is InChI=1S/C49H71N9O7/c1-4-5-6-31-7-10-33(11-8-31)34-12-14-35(15-13-34)45(60)57-49(28-37(49)29-53)48(63)58(3)43-36-16-18-42(65-24-21-52)39(27-36)38-25-32(9-17-41(38)64-23-20-51)26-40(46(61)54-22-19-50)56-44(59)30(2)55-47(43)62/h9,16-18,25,27,30-31,33-35,37,40,43H,4-8,10-15,20-24,26,28-29,51-53H2,1-3H3,(H,54,61)(H,55,62)(H,56,59)(H,57,60)/t30-,31?,33?,34?,35?,37?,40+,43+,49?/m1/s1. The second-order valence-electron chi connectivity index (χ2n) is 18.7. The first-order valence-corrected chi connectivity index (χ1v) is 23.9. The molecule has 3 aliphatic carbocycles. The zero-order valence-corrected chi connectivity index (χ0v) is 38.5. The Hall–Kier alpha value is -5.24. The fraction of sp³-hybridized carbons (Fsp3) is 0.633. The van der Waals surface area contributed by atoms with Crippen LogP contribution in [-0.2, 0) is 30.4 Å². The quantitative estimate of drug-likeness (QED) is 0.113. The maximum Gasteiger partial charge on any atom is 0.249 e. The van der Waals surface area contributed by atoms with Gasteiger partial charge in [0.1, 0.15) is 54.9 Å². The van der Waals surface area contributed by atoms with E-state index >= 15 is 4.79 Å². The number of amides is 5. The summed E-state index contributed by atoms with van der Waals surface area (Å²) in [5.41, 5.74) is 18.7. The highest BCUT2D eigenvalue weighted by Gasteiger charge is 2.62. The van der Waals surface area contributed by atoms with Crippen molar-refractivity contribution in [2.45, 2.75) is 121 Å². The van der Waals surface area contributed by atoms with E-state index in [1.807, 2.05) is 12.1 Å². The Morgan fingerprint density at radius 1 is 0.862 bits per heavy atom. The Morgan fingerprint density at radius 2 is 1.49 bits per heavy atom. The van der Waals surface area contributed by atoms with Crippen LogP contribution in [0.2, 0.25) is 0 Å². The number of hydrogen-bond acceptors (Lipinski definition) is 11. The first-order chi connectivity index (χ1) is 31.4. The van der Waals surface area contributed by atoms with Gasteiger partial charge in [-0.15, -0.1) is 0 Å². The number of nitrogens with zero attached hydrogens (tertiary/aromatic N) is 2. The van der Waals surface area contributed by atoms with Crippen molar-refractivity contribution in [1.82, 2.24) is 26.2 Å². The fourth-order valence-electron chi connectivity index (χ4n) is 10.5. The molecule has 1 aliphatic heterocycles. The molecule has 10 N–H and O–H groups in total. The summed E-state index contributed by atoms with van der Waals surface area (Å²) >= 11 is 0. The number of nitrogens with two attached hydrogens (primary N) is 3. The normalized spacial score (nSPS) is 27.7. The third-order valence-electron chi connectivity index (χ3n) is 14.3.